The molecule has 3 atom stereocenters. The second kappa shape index (κ2) is 11.5. The van der Waals surface area contributed by atoms with Crippen LogP contribution in [0.25, 0.3) is 10.4 Å². The predicted molar refractivity (Wildman–Crippen MR) is 158 cm³/mol. The molecule has 2 aliphatic rings. The number of aliphatic hydroxyl groups is 1. The average Bonchev–Trinajstić information content (AvgIpc) is 3.29. The van der Waals surface area contributed by atoms with Gasteiger partial charge >= 0.3 is 0 Å². The van der Waals surface area contributed by atoms with Crippen LogP contribution in [0.5, 0.6) is 0 Å². The summed E-state index contributed by atoms with van der Waals surface area (Å²) in [6.07, 6.45) is 2.52. The number of carbonyl (C=O) groups excluding carboxylic acids is 2. The normalized spacial score (nSPS) is 20.3. The van der Waals surface area contributed by atoms with Crippen molar-refractivity contribution in [3.8, 4) is 10.4 Å². The number of aliphatic hydroxyl groups excluding tert-OH is 1. The molecule has 3 aromatic rings. The Morgan fingerprint density at radius 2 is 1.88 bits per heavy atom. The van der Waals surface area contributed by atoms with Gasteiger partial charge in [-0.3, -0.25) is 9.59 Å². The van der Waals surface area contributed by atoms with Gasteiger partial charge in [0.1, 0.15) is 12.1 Å². The molecule has 3 N–H and O–H groups in total. The Hall–Kier alpha value is -2.71. The third-order valence-electron chi connectivity index (χ3n) is 7.37. The number of likely N-dealkylation sites (tertiary alicyclic amines) is 1. The van der Waals surface area contributed by atoms with E-state index in [0.29, 0.717) is 5.92 Å². The van der Waals surface area contributed by atoms with Gasteiger partial charge in [-0.1, -0.05) is 45.0 Å². The fraction of sp³-hybridized carbons (Fsp3) is 0.500. The monoisotopic (exact) mass is 617 g/mol. The average molecular weight is 618 g/mol. The molecule has 2 fully saturated rings. The van der Waals surface area contributed by atoms with E-state index in [4.69, 9.17) is 0 Å². The lowest BCUT2D eigenvalue weighted by Gasteiger charge is -2.35. The van der Waals surface area contributed by atoms with Gasteiger partial charge in [-0.15, -0.1) is 22.7 Å². The smallest absolute Gasteiger partial charge is 0.252 e. The Kier molecular flexibility index (Phi) is 8.37. The molecule has 0 unspecified atom stereocenters. The number of nitrogens with one attached hydrogen (secondary N) is 2. The molecule has 41 heavy (non-hydrogen) atoms. The van der Waals surface area contributed by atoms with Crippen molar-refractivity contribution in [3.05, 3.63) is 52.2 Å². The van der Waals surface area contributed by atoms with Gasteiger partial charge in [0.05, 0.1) is 33.4 Å². The van der Waals surface area contributed by atoms with Crippen LogP contribution in [0, 0.1) is 12.3 Å². The minimum Gasteiger partial charge on any atom is -0.391 e. The zero-order chi connectivity index (χ0) is 29.5. The first kappa shape index (κ1) is 29.8. The molecular formula is C28H35N5O5S3. The van der Waals surface area contributed by atoms with Crippen molar-refractivity contribution in [2.75, 3.05) is 6.54 Å². The van der Waals surface area contributed by atoms with Crippen LogP contribution >= 0.6 is 22.7 Å². The second-order valence-electron chi connectivity index (χ2n) is 11.8. The second-order valence-corrected chi connectivity index (χ2v) is 15.6. The summed E-state index contributed by atoms with van der Waals surface area (Å²) in [7, 11) is -4.03. The standard InChI is InChI=1S/C28H35N5O5S3/c1-16-23(39-15-31-16)18-7-5-17(6-8-18)12-29-25(35)21-11-20(34)14-33(21)27(36)24(28(2,3)4)32-41(37,38)22-13-30-26(40-22)19-9-10-19/h5-8,13,15,19-21,24,32,34H,9-12,14H2,1-4H3,(H,29,35)/t20-,21+,24-/m1/s1. The fourth-order valence-electron chi connectivity index (χ4n) is 4.86. The van der Waals surface area contributed by atoms with E-state index in [9.17, 15) is 23.1 Å². The maximum absolute atomic E-state index is 13.8. The van der Waals surface area contributed by atoms with E-state index in [-0.39, 0.29) is 23.7 Å². The molecule has 1 aliphatic carbocycles. The van der Waals surface area contributed by atoms with E-state index in [1.54, 1.807) is 37.6 Å². The van der Waals surface area contributed by atoms with Crippen molar-refractivity contribution in [2.24, 2.45) is 5.41 Å². The SMILES string of the molecule is Cc1ncsc1-c1ccc(CNC(=O)[C@@H]2C[C@@H](O)CN2C(=O)[C@@H](NS(=O)(=O)c2cnc(C3CC3)s2)C(C)(C)C)cc1. The summed E-state index contributed by atoms with van der Waals surface area (Å²) in [4.78, 5) is 38.0. The van der Waals surface area contributed by atoms with Crippen molar-refractivity contribution >= 4 is 44.5 Å². The number of sulfonamides is 1. The van der Waals surface area contributed by atoms with Gasteiger partial charge in [0, 0.05) is 25.4 Å². The van der Waals surface area contributed by atoms with Crippen LogP contribution < -0.4 is 10.0 Å². The Labute approximate surface area is 248 Å². The third kappa shape index (κ3) is 6.69. The topological polar surface area (TPSA) is 142 Å². The summed E-state index contributed by atoms with van der Waals surface area (Å²) in [5.41, 5.74) is 3.90. The summed E-state index contributed by atoms with van der Waals surface area (Å²) in [6.45, 7) is 7.44. The molecule has 10 nitrogen and oxygen atoms in total. The highest BCUT2D eigenvalue weighted by molar-refractivity contribution is 7.91. The van der Waals surface area contributed by atoms with Gasteiger partial charge in [0.25, 0.3) is 10.0 Å². The maximum atomic E-state index is 13.8. The van der Waals surface area contributed by atoms with E-state index in [2.05, 4.69) is 20.0 Å². The van der Waals surface area contributed by atoms with E-state index >= 15 is 0 Å². The summed E-state index contributed by atoms with van der Waals surface area (Å²) in [6, 6.07) is 5.75. The van der Waals surface area contributed by atoms with Crippen molar-refractivity contribution in [2.45, 2.75) is 81.8 Å². The number of hydrogen-bond acceptors (Lipinski definition) is 9. The maximum Gasteiger partial charge on any atom is 0.252 e. The molecule has 0 radical (unpaired) electrons. The summed E-state index contributed by atoms with van der Waals surface area (Å²) < 4.78 is 29.2. The molecule has 1 saturated heterocycles. The highest BCUT2D eigenvalue weighted by atomic mass is 32.2. The van der Waals surface area contributed by atoms with Crippen LogP contribution in [0.2, 0.25) is 0 Å². The Balaban J connectivity index is 1.27. The Bertz CT molecular complexity index is 1520. The summed E-state index contributed by atoms with van der Waals surface area (Å²) in [5, 5.41) is 14.1. The van der Waals surface area contributed by atoms with Crippen molar-refractivity contribution in [3.63, 3.8) is 0 Å². The van der Waals surface area contributed by atoms with Crippen molar-refractivity contribution in [1.82, 2.24) is 24.9 Å². The van der Waals surface area contributed by atoms with Gasteiger partial charge in [-0.2, -0.15) is 4.72 Å². The van der Waals surface area contributed by atoms with E-state index in [1.807, 2.05) is 31.2 Å². The minimum absolute atomic E-state index is 0.0550. The molecule has 5 rings (SSSR count). The molecule has 2 aromatic heterocycles. The first-order valence-corrected chi connectivity index (χ1v) is 16.7. The fourth-order valence-corrected chi connectivity index (χ4v) is 8.40. The van der Waals surface area contributed by atoms with E-state index in [0.717, 1.165) is 50.9 Å². The van der Waals surface area contributed by atoms with Crippen LogP contribution in [-0.2, 0) is 26.2 Å². The van der Waals surface area contributed by atoms with Gasteiger partial charge in [-0.05, 0) is 36.3 Å². The number of β-amino-alcohol motifs (C(OH)–C–C–N with tert-alkyl or cyclic N) is 1. The zero-order valence-corrected chi connectivity index (χ0v) is 25.9. The molecule has 0 bridgehead atoms. The molecule has 0 spiro atoms. The molecule has 3 heterocycles. The van der Waals surface area contributed by atoms with Gasteiger partial charge in [0.15, 0.2) is 4.21 Å². The lowest BCUT2D eigenvalue weighted by atomic mass is 9.86. The number of aryl methyl sites for hydroxylation is 1. The lowest BCUT2D eigenvalue weighted by molar-refractivity contribution is -0.141. The first-order chi connectivity index (χ1) is 19.3. The van der Waals surface area contributed by atoms with E-state index in [1.165, 1.54) is 11.1 Å². The van der Waals surface area contributed by atoms with Crippen LogP contribution in [0.1, 0.15) is 62.2 Å². The number of carbonyl (C=O) groups is 2. The minimum atomic E-state index is -4.03. The molecule has 2 amide bonds. The lowest BCUT2D eigenvalue weighted by Crippen LogP contribution is -2.57. The molecule has 1 aliphatic heterocycles. The molecular weight excluding hydrogens is 583 g/mol. The first-order valence-electron chi connectivity index (χ1n) is 13.6. The quantitative estimate of drug-likeness (QED) is 0.334. The molecule has 1 aromatic carbocycles. The predicted octanol–water partition coefficient (Wildman–Crippen LogP) is 3.42. The van der Waals surface area contributed by atoms with Crippen molar-refractivity contribution < 1.29 is 23.1 Å². The number of hydrogen-bond donors (Lipinski definition) is 3. The molecule has 1 saturated carbocycles. The van der Waals surface area contributed by atoms with Crippen LogP contribution in [0.4, 0.5) is 0 Å². The number of rotatable bonds is 9. The number of aromatic nitrogens is 2. The van der Waals surface area contributed by atoms with Crippen LogP contribution in [-0.4, -0.2) is 64.9 Å². The molecule has 220 valence electrons. The van der Waals surface area contributed by atoms with Crippen LogP contribution in [0.15, 0.2) is 40.2 Å². The highest BCUT2D eigenvalue weighted by Gasteiger charge is 2.45. The van der Waals surface area contributed by atoms with Gasteiger partial charge < -0.3 is 15.3 Å². The zero-order valence-electron chi connectivity index (χ0n) is 23.5. The Morgan fingerprint density at radius 3 is 2.49 bits per heavy atom. The number of amides is 2. The van der Waals surface area contributed by atoms with Crippen LogP contribution in [0.3, 0.4) is 0 Å². The number of nitrogens with zero attached hydrogens (tertiary/aromatic N) is 3. The number of benzene rings is 1. The van der Waals surface area contributed by atoms with Gasteiger partial charge in [0.2, 0.25) is 11.8 Å². The summed E-state index contributed by atoms with van der Waals surface area (Å²) in [5.74, 6) is -0.631. The third-order valence-corrected chi connectivity index (χ3v) is 11.4. The highest BCUT2D eigenvalue weighted by Crippen LogP contribution is 2.42. The summed E-state index contributed by atoms with van der Waals surface area (Å²) >= 11 is 2.69. The van der Waals surface area contributed by atoms with Crippen molar-refractivity contribution in [1.29, 1.82) is 0 Å². The van der Waals surface area contributed by atoms with E-state index < -0.39 is 45.4 Å². The molecule has 13 heteroatoms. The largest absolute Gasteiger partial charge is 0.391 e. The Morgan fingerprint density at radius 1 is 1.17 bits per heavy atom. The number of thiazole rings is 2. The van der Waals surface area contributed by atoms with Gasteiger partial charge in [-0.25, -0.2) is 18.4 Å².